The Hall–Kier alpha value is -2.56. The molecule has 0 radical (unpaired) electrons. The van der Waals surface area contributed by atoms with Crippen molar-refractivity contribution >= 4 is 25.7 Å². The first-order valence-corrected chi connectivity index (χ1v) is 22.7. The molecular weight excluding hydrogens is 721 g/mol. The molecule has 0 fully saturated rings. The van der Waals surface area contributed by atoms with Crippen LogP contribution in [0.25, 0.3) is 0 Å². The van der Waals surface area contributed by atoms with Gasteiger partial charge < -0.3 is 25.2 Å². The summed E-state index contributed by atoms with van der Waals surface area (Å²) in [5, 5.41) is 8.88. The van der Waals surface area contributed by atoms with Gasteiger partial charge in [-0.2, -0.15) is 0 Å². The maximum Gasteiger partial charge on any atom is 0.472 e. The van der Waals surface area contributed by atoms with Gasteiger partial charge >= 0.3 is 25.7 Å². The number of rotatable bonds is 39. The molecule has 0 aliphatic heterocycles. The Morgan fingerprint density at radius 1 is 0.564 bits per heavy atom. The molecule has 4 N–H and O–H groups in total. The van der Waals surface area contributed by atoms with Crippen molar-refractivity contribution in [2.75, 3.05) is 19.8 Å². The number of allylic oxidation sites excluding steroid dienone is 8. The van der Waals surface area contributed by atoms with Crippen LogP contribution >= 0.6 is 7.82 Å². The summed E-state index contributed by atoms with van der Waals surface area (Å²) < 4.78 is 32.6. The van der Waals surface area contributed by atoms with Crippen LogP contribution in [0.15, 0.2) is 48.6 Å². The quantitative estimate of drug-likeness (QED) is 0.0234. The van der Waals surface area contributed by atoms with Gasteiger partial charge in [-0.1, -0.05) is 140 Å². The number of esters is 2. The Bertz CT molecular complexity index is 1120. The van der Waals surface area contributed by atoms with E-state index in [2.05, 4.69) is 54.8 Å². The number of phosphoric ester groups is 1. The van der Waals surface area contributed by atoms with Gasteiger partial charge in [-0.3, -0.25) is 23.4 Å². The molecule has 0 aliphatic rings. The van der Waals surface area contributed by atoms with Crippen LogP contribution in [0.2, 0.25) is 0 Å². The third kappa shape index (κ3) is 38.1. The average Bonchev–Trinajstić information content (AvgIpc) is 3.16. The third-order valence-electron chi connectivity index (χ3n) is 8.80. The molecule has 12 heteroatoms. The van der Waals surface area contributed by atoms with Crippen LogP contribution in [0.4, 0.5) is 0 Å². The summed E-state index contributed by atoms with van der Waals surface area (Å²) in [6.45, 7) is 2.72. The summed E-state index contributed by atoms with van der Waals surface area (Å²) in [6, 6.07) is -1.53. The zero-order valence-corrected chi connectivity index (χ0v) is 35.2. The number of carboxylic acids is 1. The SMILES string of the molecule is CCCCCCC/C=C/CCCCCCCC(=O)OC[C@H](COP(=O)(O)OC[C@H](N)C(=O)O)OC(=O)CCC/C=C/C/C=C/C/C=C/CCCCCCCC. The van der Waals surface area contributed by atoms with Gasteiger partial charge in [0.05, 0.1) is 13.2 Å². The lowest BCUT2D eigenvalue weighted by Gasteiger charge is -2.20. The molecule has 0 aromatic rings. The zero-order valence-electron chi connectivity index (χ0n) is 34.3. The summed E-state index contributed by atoms with van der Waals surface area (Å²) in [7, 11) is -4.73. The third-order valence-corrected chi connectivity index (χ3v) is 9.75. The molecule has 318 valence electrons. The van der Waals surface area contributed by atoms with Gasteiger partial charge in [0, 0.05) is 12.8 Å². The van der Waals surface area contributed by atoms with Crippen LogP contribution in [0.5, 0.6) is 0 Å². The predicted molar refractivity (Wildman–Crippen MR) is 222 cm³/mol. The topological polar surface area (TPSA) is 172 Å². The van der Waals surface area contributed by atoms with E-state index in [9.17, 15) is 23.8 Å². The number of ether oxygens (including phenoxy) is 2. The lowest BCUT2D eigenvalue weighted by molar-refractivity contribution is -0.161. The summed E-state index contributed by atoms with van der Waals surface area (Å²) in [5.74, 6) is -2.46. The second kappa shape index (κ2) is 38.3. The Morgan fingerprint density at radius 2 is 0.982 bits per heavy atom. The molecule has 55 heavy (non-hydrogen) atoms. The van der Waals surface area contributed by atoms with Gasteiger partial charge in [0.25, 0.3) is 0 Å². The van der Waals surface area contributed by atoms with Gasteiger partial charge in [-0.15, -0.1) is 0 Å². The van der Waals surface area contributed by atoms with Crippen molar-refractivity contribution in [2.45, 2.75) is 187 Å². The van der Waals surface area contributed by atoms with Crippen LogP contribution in [-0.4, -0.2) is 59.9 Å². The van der Waals surface area contributed by atoms with Crippen LogP contribution in [-0.2, 0) is 37.5 Å². The molecule has 3 atom stereocenters. The van der Waals surface area contributed by atoms with Crippen LogP contribution in [0.1, 0.15) is 174 Å². The monoisotopic (exact) mass is 798 g/mol. The van der Waals surface area contributed by atoms with Gasteiger partial charge in [-0.05, 0) is 70.6 Å². The Morgan fingerprint density at radius 3 is 1.51 bits per heavy atom. The molecule has 0 bridgehead atoms. The van der Waals surface area contributed by atoms with Crippen molar-refractivity contribution in [2.24, 2.45) is 5.73 Å². The van der Waals surface area contributed by atoms with Gasteiger partial charge in [0.1, 0.15) is 12.6 Å². The first kappa shape index (κ1) is 52.4. The highest BCUT2D eigenvalue weighted by molar-refractivity contribution is 7.47. The maximum absolute atomic E-state index is 12.6. The van der Waals surface area contributed by atoms with E-state index in [0.717, 1.165) is 57.8 Å². The van der Waals surface area contributed by atoms with E-state index < -0.39 is 51.1 Å². The second-order valence-electron chi connectivity index (χ2n) is 14.1. The Kier molecular flexibility index (Phi) is 36.5. The molecule has 0 spiro atoms. The molecule has 1 unspecified atom stereocenters. The number of hydrogen-bond acceptors (Lipinski definition) is 9. The molecular formula is C43H76NO10P. The minimum Gasteiger partial charge on any atom is -0.480 e. The minimum atomic E-state index is -4.73. The fourth-order valence-corrected chi connectivity index (χ4v) is 6.21. The standard InChI is InChI=1S/C43H76NO10P/c1-3-5-7-9-11-13-15-17-19-20-21-23-25-27-29-31-33-35-42(46)54-39(37-52-55(49,50)53-38-40(44)43(47)48)36-51-41(45)34-32-30-28-26-24-22-18-16-14-12-10-8-6-4-2/h16-19,21,23,27,29,39-40H,3-15,20,22,24-26,28,30-38,44H2,1-2H3,(H,47,48)(H,49,50)/b18-16+,19-17+,23-21+,29-27+/t39-,40+/m1/s1. The summed E-state index contributed by atoms with van der Waals surface area (Å²) in [6.07, 6.45) is 41.8. The van der Waals surface area contributed by atoms with E-state index >= 15 is 0 Å². The van der Waals surface area contributed by atoms with Gasteiger partial charge in [0.2, 0.25) is 0 Å². The molecule has 0 rings (SSSR count). The minimum absolute atomic E-state index is 0.0869. The number of hydrogen-bond donors (Lipinski definition) is 3. The molecule has 0 saturated heterocycles. The van der Waals surface area contributed by atoms with Crippen LogP contribution in [0.3, 0.4) is 0 Å². The largest absolute Gasteiger partial charge is 0.480 e. The average molecular weight is 798 g/mol. The molecule has 0 amide bonds. The first-order valence-electron chi connectivity index (χ1n) is 21.2. The number of aliphatic carboxylic acids is 1. The number of carbonyl (C=O) groups excluding carboxylic acids is 2. The van der Waals surface area contributed by atoms with Crippen molar-refractivity contribution < 1.29 is 47.5 Å². The molecule has 0 aliphatic carbocycles. The van der Waals surface area contributed by atoms with E-state index in [1.54, 1.807) is 0 Å². The summed E-state index contributed by atoms with van der Waals surface area (Å²) in [5.41, 5.74) is 5.32. The second-order valence-corrected chi connectivity index (χ2v) is 15.6. The number of unbranched alkanes of at least 4 members (excludes halogenated alkanes) is 17. The highest BCUT2D eigenvalue weighted by atomic mass is 31.2. The molecule has 0 saturated carbocycles. The number of nitrogens with two attached hydrogens (primary N) is 1. The smallest absolute Gasteiger partial charge is 0.472 e. The molecule has 0 aromatic carbocycles. The molecule has 11 nitrogen and oxygen atoms in total. The Balaban J connectivity index is 4.49. The van der Waals surface area contributed by atoms with Gasteiger partial charge in [0.15, 0.2) is 6.10 Å². The number of carboxylic acid groups (broad SMARTS) is 1. The Labute approximate surface area is 333 Å². The lowest BCUT2D eigenvalue weighted by Crippen LogP contribution is -2.34. The van der Waals surface area contributed by atoms with E-state index in [1.165, 1.54) is 70.6 Å². The van der Waals surface area contributed by atoms with E-state index in [-0.39, 0.29) is 19.4 Å². The normalized spacial score (nSPS) is 14.3. The number of carbonyl (C=O) groups is 3. The fourth-order valence-electron chi connectivity index (χ4n) is 5.43. The molecule has 0 heterocycles. The van der Waals surface area contributed by atoms with Crippen molar-refractivity contribution in [3.05, 3.63) is 48.6 Å². The van der Waals surface area contributed by atoms with Gasteiger partial charge in [-0.25, -0.2) is 4.57 Å². The lowest BCUT2D eigenvalue weighted by atomic mass is 10.1. The van der Waals surface area contributed by atoms with E-state index in [0.29, 0.717) is 19.3 Å². The van der Waals surface area contributed by atoms with Crippen LogP contribution < -0.4 is 5.73 Å². The van der Waals surface area contributed by atoms with E-state index in [4.69, 9.17) is 24.8 Å². The van der Waals surface area contributed by atoms with Crippen molar-refractivity contribution in [1.29, 1.82) is 0 Å². The number of phosphoric acid groups is 1. The fraction of sp³-hybridized carbons (Fsp3) is 0.744. The predicted octanol–water partition coefficient (Wildman–Crippen LogP) is 11.0. The maximum atomic E-state index is 12.6. The van der Waals surface area contributed by atoms with Crippen molar-refractivity contribution in [3.8, 4) is 0 Å². The van der Waals surface area contributed by atoms with Crippen molar-refractivity contribution in [3.63, 3.8) is 0 Å². The highest BCUT2D eigenvalue weighted by Crippen LogP contribution is 2.43. The van der Waals surface area contributed by atoms with Crippen molar-refractivity contribution in [1.82, 2.24) is 0 Å². The first-order chi connectivity index (χ1) is 26.6. The van der Waals surface area contributed by atoms with Crippen LogP contribution in [0, 0.1) is 0 Å². The summed E-state index contributed by atoms with van der Waals surface area (Å²) >= 11 is 0. The molecule has 0 aromatic heterocycles. The summed E-state index contributed by atoms with van der Waals surface area (Å²) in [4.78, 5) is 45.9. The highest BCUT2D eigenvalue weighted by Gasteiger charge is 2.28. The zero-order chi connectivity index (χ0) is 40.7. The van der Waals surface area contributed by atoms with E-state index in [1.807, 2.05) is 12.2 Å².